The number of hydrogen-bond acceptors (Lipinski definition) is 4. The summed E-state index contributed by atoms with van der Waals surface area (Å²) >= 11 is 1.92. The molecule has 0 aliphatic carbocycles. The standard InChI is InChI=1S/C18H24N4O2S/c23-17(11-13-12-25-10-7-19-13)21-8-5-14(6-9-21)22-16-4-2-1-3-15(16)20-18(22)24/h1-4,13-14,19H,5-12H2,(H,20,24). The van der Waals surface area contributed by atoms with Gasteiger partial charge in [-0.15, -0.1) is 0 Å². The van der Waals surface area contributed by atoms with Crippen LogP contribution in [-0.2, 0) is 4.79 Å². The van der Waals surface area contributed by atoms with E-state index in [1.54, 1.807) is 0 Å². The first kappa shape index (κ1) is 16.7. The molecule has 0 spiro atoms. The van der Waals surface area contributed by atoms with E-state index in [4.69, 9.17) is 0 Å². The Morgan fingerprint density at radius 3 is 2.80 bits per heavy atom. The molecule has 2 aliphatic rings. The molecule has 2 saturated heterocycles. The van der Waals surface area contributed by atoms with Crippen molar-refractivity contribution >= 4 is 28.7 Å². The molecule has 0 bridgehead atoms. The van der Waals surface area contributed by atoms with Crippen LogP contribution in [0.15, 0.2) is 29.1 Å². The monoisotopic (exact) mass is 360 g/mol. The van der Waals surface area contributed by atoms with Crippen molar-refractivity contribution in [3.8, 4) is 0 Å². The molecule has 1 aromatic heterocycles. The molecule has 1 atom stereocenters. The fraction of sp³-hybridized carbons (Fsp3) is 0.556. The number of piperidine rings is 1. The van der Waals surface area contributed by atoms with Crippen LogP contribution in [0.1, 0.15) is 25.3 Å². The van der Waals surface area contributed by atoms with Crippen molar-refractivity contribution in [2.45, 2.75) is 31.3 Å². The molecular formula is C18H24N4O2S. The topological polar surface area (TPSA) is 70.1 Å². The second-order valence-electron chi connectivity index (χ2n) is 6.86. The molecule has 1 unspecified atom stereocenters. The van der Waals surface area contributed by atoms with Crippen LogP contribution in [-0.4, -0.2) is 57.5 Å². The summed E-state index contributed by atoms with van der Waals surface area (Å²) in [5, 5.41) is 3.43. The number of para-hydroxylation sites is 2. The molecule has 1 aromatic carbocycles. The Morgan fingerprint density at radius 2 is 2.04 bits per heavy atom. The number of nitrogens with one attached hydrogen (secondary N) is 2. The van der Waals surface area contributed by atoms with Gasteiger partial charge in [0.1, 0.15) is 0 Å². The molecular weight excluding hydrogens is 336 g/mol. The van der Waals surface area contributed by atoms with Gasteiger partial charge in [0.25, 0.3) is 0 Å². The minimum absolute atomic E-state index is 0.0468. The maximum atomic E-state index is 12.5. The minimum Gasteiger partial charge on any atom is -0.342 e. The molecule has 1 amide bonds. The van der Waals surface area contributed by atoms with Crippen LogP contribution >= 0.6 is 11.8 Å². The number of thioether (sulfide) groups is 1. The van der Waals surface area contributed by atoms with Crippen molar-refractivity contribution in [3.05, 3.63) is 34.7 Å². The predicted octanol–water partition coefficient (Wildman–Crippen LogP) is 1.59. The smallest absolute Gasteiger partial charge is 0.326 e. The quantitative estimate of drug-likeness (QED) is 0.872. The Bertz CT molecular complexity index is 801. The summed E-state index contributed by atoms with van der Waals surface area (Å²) in [6, 6.07) is 8.27. The van der Waals surface area contributed by atoms with Crippen molar-refractivity contribution < 1.29 is 4.79 Å². The van der Waals surface area contributed by atoms with Crippen molar-refractivity contribution in [1.82, 2.24) is 19.8 Å². The number of hydrogen-bond donors (Lipinski definition) is 2. The Hall–Kier alpha value is -1.73. The SMILES string of the molecule is O=C(CC1CSCCN1)N1CCC(n2c(=O)[nH]c3ccccc32)CC1. The molecule has 0 saturated carbocycles. The third-order valence-corrected chi connectivity index (χ3v) is 6.36. The second-order valence-corrected chi connectivity index (χ2v) is 8.01. The van der Waals surface area contributed by atoms with E-state index in [1.165, 1.54) is 0 Å². The summed E-state index contributed by atoms with van der Waals surface area (Å²) in [5.41, 5.74) is 1.79. The Morgan fingerprint density at radius 1 is 1.24 bits per heavy atom. The maximum Gasteiger partial charge on any atom is 0.326 e. The van der Waals surface area contributed by atoms with E-state index in [-0.39, 0.29) is 17.6 Å². The van der Waals surface area contributed by atoms with Gasteiger partial charge in [0, 0.05) is 49.6 Å². The zero-order chi connectivity index (χ0) is 17.2. The van der Waals surface area contributed by atoms with Gasteiger partial charge in [-0.2, -0.15) is 11.8 Å². The molecule has 6 nitrogen and oxygen atoms in total. The van der Waals surface area contributed by atoms with Gasteiger partial charge >= 0.3 is 5.69 Å². The van der Waals surface area contributed by atoms with E-state index >= 15 is 0 Å². The third-order valence-electron chi connectivity index (χ3n) is 5.23. The van der Waals surface area contributed by atoms with Crippen LogP contribution in [0.5, 0.6) is 0 Å². The number of aromatic amines is 1. The summed E-state index contributed by atoms with van der Waals surface area (Å²) in [4.78, 5) is 29.8. The lowest BCUT2D eigenvalue weighted by Gasteiger charge is -2.34. The summed E-state index contributed by atoms with van der Waals surface area (Å²) < 4.78 is 1.87. The highest BCUT2D eigenvalue weighted by atomic mass is 32.2. The number of nitrogens with zero attached hydrogens (tertiary/aromatic N) is 2. The summed E-state index contributed by atoms with van der Waals surface area (Å²) in [6.07, 6.45) is 2.26. The number of aromatic nitrogens is 2. The molecule has 25 heavy (non-hydrogen) atoms. The molecule has 2 fully saturated rings. The van der Waals surface area contributed by atoms with E-state index < -0.39 is 0 Å². The molecule has 2 aromatic rings. The highest BCUT2D eigenvalue weighted by Crippen LogP contribution is 2.25. The van der Waals surface area contributed by atoms with Gasteiger partial charge in [0.2, 0.25) is 5.91 Å². The van der Waals surface area contributed by atoms with E-state index in [9.17, 15) is 9.59 Å². The molecule has 134 valence electrons. The fourth-order valence-electron chi connectivity index (χ4n) is 3.90. The number of carbonyl (C=O) groups is 1. The Kier molecular flexibility index (Phi) is 4.85. The first-order chi connectivity index (χ1) is 12.2. The third kappa shape index (κ3) is 3.48. The number of rotatable bonds is 3. The first-order valence-corrected chi connectivity index (χ1v) is 10.2. The Labute approximate surface area is 151 Å². The number of H-pyrrole nitrogens is 1. The normalized spacial score (nSPS) is 22.4. The molecule has 0 radical (unpaired) electrons. The lowest BCUT2D eigenvalue weighted by molar-refractivity contribution is -0.132. The van der Waals surface area contributed by atoms with Crippen LogP contribution in [0.4, 0.5) is 0 Å². The van der Waals surface area contributed by atoms with E-state index in [1.807, 2.05) is 45.5 Å². The van der Waals surface area contributed by atoms with E-state index in [2.05, 4.69) is 10.3 Å². The largest absolute Gasteiger partial charge is 0.342 e. The number of fused-ring (bicyclic) bond motifs is 1. The number of amides is 1. The minimum atomic E-state index is -0.0468. The van der Waals surface area contributed by atoms with Crippen LogP contribution in [0, 0.1) is 0 Å². The highest BCUT2D eigenvalue weighted by molar-refractivity contribution is 7.99. The zero-order valence-electron chi connectivity index (χ0n) is 14.2. The average Bonchev–Trinajstić information content (AvgIpc) is 2.98. The second kappa shape index (κ2) is 7.25. The van der Waals surface area contributed by atoms with Gasteiger partial charge in [-0.05, 0) is 25.0 Å². The van der Waals surface area contributed by atoms with Gasteiger partial charge in [0.15, 0.2) is 0 Å². The number of likely N-dealkylation sites (tertiary alicyclic amines) is 1. The van der Waals surface area contributed by atoms with Crippen LogP contribution in [0.3, 0.4) is 0 Å². The average molecular weight is 360 g/mol. The summed E-state index contributed by atoms with van der Waals surface area (Å²) in [7, 11) is 0. The molecule has 7 heteroatoms. The van der Waals surface area contributed by atoms with Crippen molar-refractivity contribution in [2.24, 2.45) is 0 Å². The van der Waals surface area contributed by atoms with E-state index in [0.717, 1.165) is 55.0 Å². The number of imidazole rings is 1. The van der Waals surface area contributed by atoms with Crippen molar-refractivity contribution in [1.29, 1.82) is 0 Å². The predicted molar refractivity (Wildman–Crippen MR) is 101 cm³/mol. The molecule has 2 aliphatic heterocycles. The molecule has 4 rings (SSSR count). The van der Waals surface area contributed by atoms with Gasteiger partial charge in [0.05, 0.1) is 11.0 Å². The van der Waals surface area contributed by atoms with Gasteiger partial charge in [-0.3, -0.25) is 9.36 Å². The maximum absolute atomic E-state index is 12.5. The van der Waals surface area contributed by atoms with Gasteiger partial charge < -0.3 is 15.2 Å². The van der Waals surface area contributed by atoms with E-state index in [0.29, 0.717) is 12.5 Å². The Balaban J connectivity index is 1.40. The number of benzene rings is 1. The van der Waals surface area contributed by atoms with Crippen LogP contribution in [0.2, 0.25) is 0 Å². The van der Waals surface area contributed by atoms with Crippen LogP contribution < -0.4 is 11.0 Å². The summed E-state index contributed by atoms with van der Waals surface area (Å²) in [6.45, 7) is 2.46. The zero-order valence-corrected chi connectivity index (χ0v) is 15.1. The summed E-state index contributed by atoms with van der Waals surface area (Å²) in [5.74, 6) is 2.40. The molecule has 2 N–H and O–H groups in total. The highest BCUT2D eigenvalue weighted by Gasteiger charge is 2.27. The molecule has 3 heterocycles. The lowest BCUT2D eigenvalue weighted by atomic mass is 10.0. The fourth-order valence-corrected chi connectivity index (χ4v) is 4.85. The number of carbonyl (C=O) groups excluding carboxylic acids is 1. The first-order valence-electron chi connectivity index (χ1n) is 9.00. The van der Waals surface area contributed by atoms with Gasteiger partial charge in [-0.25, -0.2) is 4.79 Å². The van der Waals surface area contributed by atoms with Crippen LogP contribution in [0.25, 0.3) is 11.0 Å². The van der Waals surface area contributed by atoms with Crippen molar-refractivity contribution in [2.75, 3.05) is 31.1 Å². The van der Waals surface area contributed by atoms with Crippen molar-refractivity contribution in [3.63, 3.8) is 0 Å². The lowest BCUT2D eigenvalue weighted by Crippen LogP contribution is -2.45. The van der Waals surface area contributed by atoms with Gasteiger partial charge in [-0.1, -0.05) is 12.1 Å².